The molecule has 0 fully saturated rings. The first-order valence-corrected chi connectivity index (χ1v) is 6.30. The molecule has 19 heavy (non-hydrogen) atoms. The zero-order valence-corrected chi connectivity index (χ0v) is 11.2. The van der Waals surface area contributed by atoms with Crippen molar-refractivity contribution >= 4 is 23.3 Å². The quantitative estimate of drug-likeness (QED) is 0.879. The van der Waals surface area contributed by atoms with Gasteiger partial charge in [0.2, 0.25) is 0 Å². The van der Waals surface area contributed by atoms with Crippen LogP contribution in [0.15, 0.2) is 48.5 Å². The molecule has 2 N–H and O–H groups in total. The highest BCUT2D eigenvalue weighted by Gasteiger charge is 2.09. The Hall–Kier alpha value is -2.00. The molecule has 0 radical (unpaired) electrons. The summed E-state index contributed by atoms with van der Waals surface area (Å²) in [5.74, 6) is -0.925. The second-order valence-electron chi connectivity index (χ2n) is 4.27. The summed E-state index contributed by atoms with van der Waals surface area (Å²) in [5, 5.41) is 12.8. The molecule has 0 spiro atoms. The van der Waals surface area contributed by atoms with E-state index in [0.717, 1.165) is 11.3 Å². The number of anilines is 1. The van der Waals surface area contributed by atoms with Gasteiger partial charge in [-0.25, -0.2) is 4.79 Å². The topological polar surface area (TPSA) is 49.3 Å². The maximum Gasteiger partial charge on any atom is 0.335 e. The van der Waals surface area contributed by atoms with Crippen molar-refractivity contribution in [3.63, 3.8) is 0 Å². The van der Waals surface area contributed by atoms with Crippen LogP contribution in [0.1, 0.15) is 28.9 Å². The molecule has 2 rings (SSSR count). The molecule has 0 amide bonds. The number of halogens is 1. The van der Waals surface area contributed by atoms with E-state index in [2.05, 4.69) is 5.32 Å². The van der Waals surface area contributed by atoms with Crippen molar-refractivity contribution in [1.29, 1.82) is 0 Å². The Morgan fingerprint density at radius 2 is 1.79 bits per heavy atom. The number of rotatable bonds is 4. The number of carbonyl (C=O) groups is 1. The van der Waals surface area contributed by atoms with Crippen molar-refractivity contribution in [3.8, 4) is 0 Å². The van der Waals surface area contributed by atoms with E-state index >= 15 is 0 Å². The summed E-state index contributed by atoms with van der Waals surface area (Å²) in [5.41, 5.74) is 2.14. The summed E-state index contributed by atoms with van der Waals surface area (Å²) in [7, 11) is 0. The predicted octanol–water partition coefficient (Wildman–Crippen LogP) is 4.21. The highest BCUT2D eigenvalue weighted by atomic mass is 35.5. The lowest BCUT2D eigenvalue weighted by Gasteiger charge is -2.17. The lowest BCUT2D eigenvalue weighted by Crippen LogP contribution is -2.07. The largest absolute Gasteiger partial charge is 0.478 e. The molecule has 0 aromatic heterocycles. The normalized spacial score (nSPS) is 11.9. The van der Waals surface area contributed by atoms with E-state index in [1.165, 1.54) is 0 Å². The van der Waals surface area contributed by atoms with Gasteiger partial charge in [0.1, 0.15) is 0 Å². The van der Waals surface area contributed by atoms with Gasteiger partial charge in [-0.05, 0) is 42.8 Å². The molecule has 4 heteroatoms. The van der Waals surface area contributed by atoms with Gasteiger partial charge in [0.15, 0.2) is 0 Å². The van der Waals surface area contributed by atoms with Crippen molar-refractivity contribution in [2.45, 2.75) is 13.0 Å². The zero-order valence-electron chi connectivity index (χ0n) is 10.4. The summed E-state index contributed by atoms with van der Waals surface area (Å²) in [6, 6.07) is 14.3. The van der Waals surface area contributed by atoms with Crippen LogP contribution in [0, 0.1) is 0 Å². The van der Waals surface area contributed by atoms with E-state index < -0.39 is 5.97 Å². The average Bonchev–Trinajstić information content (AvgIpc) is 2.39. The van der Waals surface area contributed by atoms with Crippen molar-refractivity contribution in [3.05, 3.63) is 64.7 Å². The first-order chi connectivity index (χ1) is 9.08. The van der Waals surface area contributed by atoms with Crippen LogP contribution in [-0.4, -0.2) is 11.1 Å². The summed E-state index contributed by atoms with van der Waals surface area (Å²) < 4.78 is 0. The lowest BCUT2D eigenvalue weighted by atomic mass is 10.1. The van der Waals surface area contributed by atoms with Crippen LogP contribution in [0.25, 0.3) is 0 Å². The van der Waals surface area contributed by atoms with E-state index in [0.29, 0.717) is 5.02 Å². The predicted molar refractivity (Wildman–Crippen MR) is 76.9 cm³/mol. The number of aromatic carboxylic acids is 1. The molecular formula is C15H14ClNO2. The van der Waals surface area contributed by atoms with Gasteiger partial charge in [0.05, 0.1) is 5.56 Å². The Balaban J connectivity index is 2.13. The van der Waals surface area contributed by atoms with E-state index in [4.69, 9.17) is 16.7 Å². The van der Waals surface area contributed by atoms with E-state index in [-0.39, 0.29) is 11.6 Å². The Kier molecular flexibility index (Phi) is 4.07. The molecule has 0 bridgehead atoms. The minimum atomic E-state index is -0.925. The average molecular weight is 276 g/mol. The summed E-state index contributed by atoms with van der Waals surface area (Å²) in [6.45, 7) is 2.01. The zero-order chi connectivity index (χ0) is 13.8. The molecule has 0 aliphatic carbocycles. The van der Waals surface area contributed by atoms with Gasteiger partial charge in [-0.1, -0.05) is 29.8 Å². The molecule has 0 aliphatic heterocycles. The standard InChI is InChI=1S/C15H14ClNO2/c1-10(13-4-2-3-5-14(13)16)17-12-8-6-11(7-9-12)15(18)19/h2-10,17H,1H3,(H,18,19)/t10-/m0/s1. The first kappa shape index (κ1) is 13.4. The summed E-state index contributed by atoms with van der Waals surface area (Å²) >= 11 is 6.13. The third kappa shape index (κ3) is 3.26. The molecule has 0 saturated heterocycles. The number of carboxylic acids is 1. The van der Waals surface area contributed by atoms with Gasteiger partial charge in [0, 0.05) is 16.8 Å². The second-order valence-corrected chi connectivity index (χ2v) is 4.68. The maximum absolute atomic E-state index is 10.8. The molecule has 3 nitrogen and oxygen atoms in total. The molecule has 98 valence electrons. The molecule has 2 aromatic rings. The van der Waals surface area contributed by atoms with Crippen molar-refractivity contribution in [2.75, 3.05) is 5.32 Å². The monoisotopic (exact) mass is 275 g/mol. The van der Waals surface area contributed by atoms with Gasteiger partial charge < -0.3 is 10.4 Å². The van der Waals surface area contributed by atoms with Gasteiger partial charge in [-0.2, -0.15) is 0 Å². The van der Waals surface area contributed by atoms with Crippen molar-refractivity contribution < 1.29 is 9.90 Å². The summed E-state index contributed by atoms with van der Waals surface area (Å²) in [4.78, 5) is 10.8. The number of benzene rings is 2. The molecule has 0 saturated carbocycles. The van der Waals surface area contributed by atoms with E-state index in [1.807, 2.05) is 31.2 Å². The number of hydrogen-bond donors (Lipinski definition) is 2. The third-order valence-electron chi connectivity index (χ3n) is 2.89. The highest BCUT2D eigenvalue weighted by Crippen LogP contribution is 2.25. The first-order valence-electron chi connectivity index (χ1n) is 5.92. The lowest BCUT2D eigenvalue weighted by molar-refractivity contribution is 0.0697. The number of nitrogens with one attached hydrogen (secondary N) is 1. The number of hydrogen-bond acceptors (Lipinski definition) is 2. The van der Waals surface area contributed by atoms with Crippen LogP contribution in [0.2, 0.25) is 5.02 Å². The van der Waals surface area contributed by atoms with Gasteiger partial charge in [-0.3, -0.25) is 0 Å². The second kappa shape index (κ2) is 5.76. The smallest absolute Gasteiger partial charge is 0.335 e. The third-order valence-corrected chi connectivity index (χ3v) is 3.23. The minimum Gasteiger partial charge on any atom is -0.478 e. The Bertz CT molecular complexity index is 581. The molecule has 0 unspecified atom stereocenters. The molecule has 1 atom stereocenters. The maximum atomic E-state index is 10.8. The van der Waals surface area contributed by atoms with Gasteiger partial charge in [0.25, 0.3) is 0 Å². The SMILES string of the molecule is C[C@H](Nc1ccc(C(=O)O)cc1)c1ccccc1Cl. The fourth-order valence-electron chi connectivity index (χ4n) is 1.86. The summed E-state index contributed by atoms with van der Waals surface area (Å²) in [6.07, 6.45) is 0. The van der Waals surface area contributed by atoms with Crippen LogP contribution >= 0.6 is 11.6 Å². The van der Waals surface area contributed by atoms with Crippen LogP contribution in [0.5, 0.6) is 0 Å². The van der Waals surface area contributed by atoms with E-state index in [9.17, 15) is 4.79 Å². The fourth-order valence-corrected chi connectivity index (χ4v) is 2.16. The van der Waals surface area contributed by atoms with E-state index in [1.54, 1.807) is 24.3 Å². The van der Waals surface area contributed by atoms with Crippen molar-refractivity contribution in [1.82, 2.24) is 0 Å². The van der Waals surface area contributed by atoms with Crippen LogP contribution in [0.3, 0.4) is 0 Å². The van der Waals surface area contributed by atoms with Crippen LogP contribution in [0.4, 0.5) is 5.69 Å². The van der Waals surface area contributed by atoms with Crippen LogP contribution in [-0.2, 0) is 0 Å². The van der Waals surface area contributed by atoms with Crippen molar-refractivity contribution in [2.24, 2.45) is 0 Å². The van der Waals surface area contributed by atoms with Gasteiger partial charge >= 0.3 is 5.97 Å². The minimum absolute atomic E-state index is 0.0457. The highest BCUT2D eigenvalue weighted by molar-refractivity contribution is 6.31. The molecule has 2 aromatic carbocycles. The van der Waals surface area contributed by atoms with Crippen LogP contribution < -0.4 is 5.32 Å². The molecule has 0 heterocycles. The molecular weight excluding hydrogens is 262 g/mol. The van der Waals surface area contributed by atoms with Gasteiger partial charge in [-0.15, -0.1) is 0 Å². The Morgan fingerprint density at radius 3 is 2.37 bits per heavy atom. The number of carboxylic acid groups (broad SMARTS) is 1. The molecule has 0 aliphatic rings. The Labute approximate surface area is 116 Å². The fraction of sp³-hybridized carbons (Fsp3) is 0.133. The Morgan fingerprint density at radius 1 is 1.16 bits per heavy atom.